The number of rotatable bonds is 4. The molecule has 1 aromatic rings. The Morgan fingerprint density at radius 2 is 2.21 bits per heavy atom. The van der Waals surface area contributed by atoms with Crippen molar-refractivity contribution in [3.05, 3.63) is 34.6 Å². The van der Waals surface area contributed by atoms with E-state index in [4.69, 9.17) is 22.4 Å². The molecule has 2 nitrogen and oxygen atoms in total. The van der Waals surface area contributed by atoms with Crippen LogP contribution in [0.25, 0.3) is 0 Å². The van der Waals surface area contributed by atoms with Crippen molar-refractivity contribution in [2.75, 3.05) is 6.61 Å². The Morgan fingerprint density at radius 3 is 2.79 bits per heavy atom. The molecule has 1 aromatic carbocycles. The molecule has 0 amide bonds. The molecule has 4 heteroatoms. The Balaban J connectivity index is 2.70. The van der Waals surface area contributed by atoms with Gasteiger partial charge in [0.05, 0.1) is 5.02 Å². The van der Waals surface area contributed by atoms with Gasteiger partial charge >= 0.3 is 0 Å². The average Bonchev–Trinajstić information content (AvgIpc) is 2.18. The van der Waals surface area contributed by atoms with Gasteiger partial charge in [-0.3, -0.25) is 0 Å². The number of hydrogen-bond acceptors (Lipinski definition) is 2. The van der Waals surface area contributed by atoms with Crippen molar-refractivity contribution in [2.24, 2.45) is 5.73 Å². The van der Waals surface area contributed by atoms with Crippen molar-refractivity contribution < 1.29 is 9.50 Å². The Bertz CT molecular complexity index is 306. The number of hydrogen-bond donors (Lipinski definition) is 2. The van der Waals surface area contributed by atoms with Crippen LogP contribution in [0, 0.1) is 5.82 Å². The molecule has 0 unspecified atom stereocenters. The van der Waals surface area contributed by atoms with E-state index >= 15 is 0 Å². The lowest BCUT2D eigenvalue weighted by Crippen LogP contribution is -2.10. The van der Waals surface area contributed by atoms with Crippen LogP contribution in [-0.4, -0.2) is 11.7 Å². The Labute approximate surface area is 87.5 Å². The Hall–Kier alpha value is -0.640. The second kappa shape index (κ2) is 5.29. The van der Waals surface area contributed by atoms with E-state index in [1.807, 2.05) is 0 Å². The highest BCUT2D eigenvalue weighted by Gasteiger charge is 2.07. The van der Waals surface area contributed by atoms with E-state index in [1.165, 1.54) is 12.1 Å². The van der Waals surface area contributed by atoms with Crippen LogP contribution in [0.3, 0.4) is 0 Å². The number of halogens is 2. The van der Waals surface area contributed by atoms with Gasteiger partial charge in [0.25, 0.3) is 0 Å². The SMILES string of the molecule is N[C@@H](CCCO)c1ccc(F)c(Cl)c1. The molecule has 0 spiro atoms. The molecule has 0 saturated heterocycles. The van der Waals surface area contributed by atoms with Gasteiger partial charge in [-0.2, -0.15) is 0 Å². The van der Waals surface area contributed by atoms with Crippen LogP contribution in [0.4, 0.5) is 4.39 Å². The lowest BCUT2D eigenvalue weighted by atomic mass is 10.0. The minimum absolute atomic E-state index is 0.0851. The first-order valence-corrected chi connectivity index (χ1v) is 4.84. The van der Waals surface area contributed by atoms with Crippen molar-refractivity contribution >= 4 is 11.6 Å². The van der Waals surface area contributed by atoms with Gasteiger partial charge in [-0.15, -0.1) is 0 Å². The number of aliphatic hydroxyl groups excluding tert-OH is 1. The monoisotopic (exact) mass is 217 g/mol. The van der Waals surface area contributed by atoms with Crippen LogP contribution in [0.2, 0.25) is 5.02 Å². The van der Waals surface area contributed by atoms with Gasteiger partial charge in [-0.25, -0.2) is 4.39 Å². The predicted molar refractivity (Wildman–Crippen MR) is 54.7 cm³/mol. The van der Waals surface area contributed by atoms with E-state index in [9.17, 15) is 4.39 Å². The first-order chi connectivity index (χ1) is 6.65. The summed E-state index contributed by atoms with van der Waals surface area (Å²) in [4.78, 5) is 0. The maximum Gasteiger partial charge on any atom is 0.141 e. The zero-order valence-corrected chi connectivity index (χ0v) is 8.47. The highest BCUT2D eigenvalue weighted by Crippen LogP contribution is 2.21. The summed E-state index contributed by atoms with van der Waals surface area (Å²) >= 11 is 5.61. The molecule has 0 bridgehead atoms. The summed E-state index contributed by atoms with van der Waals surface area (Å²) < 4.78 is 12.8. The van der Waals surface area contributed by atoms with E-state index in [1.54, 1.807) is 6.07 Å². The largest absolute Gasteiger partial charge is 0.396 e. The minimum Gasteiger partial charge on any atom is -0.396 e. The minimum atomic E-state index is -0.440. The van der Waals surface area contributed by atoms with Crippen LogP contribution >= 0.6 is 11.6 Å². The average molecular weight is 218 g/mol. The van der Waals surface area contributed by atoms with Gasteiger partial charge in [-0.05, 0) is 30.5 Å². The lowest BCUT2D eigenvalue weighted by Gasteiger charge is -2.11. The van der Waals surface area contributed by atoms with Crippen LogP contribution < -0.4 is 5.73 Å². The molecule has 0 saturated carbocycles. The van der Waals surface area contributed by atoms with Crippen LogP contribution in [0.5, 0.6) is 0 Å². The highest BCUT2D eigenvalue weighted by molar-refractivity contribution is 6.30. The zero-order chi connectivity index (χ0) is 10.6. The van der Waals surface area contributed by atoms with Crippen LogP contribution in [-0.2, 0) is 0 Å². The molecule has 0 aromatic heterocycles. The second-order valence-corrected chi connectivity index (χ2v) is 3.55. The quantitative estimate of drug-likeness (QED) is 0.813. The van der Waals surface area contributed by atoms with Gasteiger partial charge in [0.1, 0.15) is 5.82 Å². The summed E-state index contributed by atoms with van der Waals surface area (Å²) in [6, 6.07) is 4.25. The summed E-state index contributed by atoms with van der Waals surface area (Å²) in [6.45, 7) is 0.114. The van der Waals surface area contributed by atoms with Gasteiger partial charge in [0.2, 0.25) is 0 Å². The molecule has 0 radical (unpaired) electrons. The van der Waals surface area contributed by atoms with E-state index in [0.717, 1.165) is 5.56 Å². The van der Waals surface area contributed by atoms with E-state index in [0.29, 0.717) is 12.8 Å². The molecular weight excluding hydrogens is 205 g/mol. The summed E-state index contributed by atoms with van der Waals surface area (Å²) in [7, 11) is 0. The molecule has 0 fully saturated rings. The summed E-state index contributed by atoms with van der Waals surface area (Å²) in [5.41, 5.74) is 6.60. The van der Waals surface area contributed by atoms with E-state index in [-0.39, 0.29) is 17.7 Å². The first kappa shape index (κ1) is 11.4. The van der Waals surface area contributed by atoms with Crippen LogP contribution in [0.15, 0.2) is 18.2 Å². The third-order valence-electron chi connectivity index (χ3n) is 2.05. The maximum absolute atomic E-state index is 12.8. The van der Waals surface area contributed by atoms with Gasteiger partial charge < -0.3 is 10.8 Å². The zero-order valence-electron chi connectivity index (χ0n) is 7.71. The summed E-state index contributed by atoms with van der Waals surface area (Å²) in [6.07, 6.45) is 1.30. The van der Waals surface area contributed by atoms with Crippen molar-refractivity contribution in [3.63, 3.8) is 0 Å². The van der Waals surface area contributed by atoms with Gasteiger partial charge in [0.15, 0.2) is 0 Å². The Morgan fingerprint density at radius 1 is 1.50 bits per heavy atom. The summed E-state index contributed by atoms with van der Waals surface area (Å²) in [5, 5.41) is 8.70. The molecule has 1 rings (SSSR count). The topological polar surface area (TPSA) is 46.2 Å². The molecular formula is C10H13ClFNO. The first-order valence-electron chi connectivity index (χ1n) is 4.46. The fourth-order valence-electron chi connectivity index (χ4n) is 1.22. The number of aliphatic hydroxyl groups is 1. The number of nitrogens with two attached hydrogens (primary N) is 1. The molecule has 3 N–H and O–H groups in total. The molecule has 0 aliphatic rings. The molecule has 14 heavy (non-hydrogen) atoms. The fourth-order valence-corrected chi connectivity index (χ4v) is 1.41. The molecule has 0 aliphatic carbocycles. The van der Waals surface area contributed by atoms with E-state index in [2.05, 4.69) is 0 Å². The van der Waals surface area contributed by atoms with Gasteiger partial charge in [-0.1, -0.05) is 17.7 Å². The molecule has 0 aliphatic heterocycles. The fraction of sp³-hybridized carbons (Fsp3) is 0.400. The molecule has 78 valence electrons. The standard InChI is InChI=1S/C10H13ClFNO/c11-8-6-7(3-4-9(8)12)10(13)2-1-5-14/h3-4,6,10,14H,1-2,5,13H2/t10-/m0/s1. The second-order valence-electron chi connectivity index (χ2n) is 3.15. The number of benzene rings is 1. The van der Waals surface area contributed by atoms with Crippen molar-refractivity contribution in [1.29, 1.82) is 0 Å². The highest BCUT2D eigenvalue weighted by atomic mass is 35.5. The van der Waals surface area contributed by atoms with Crippen molar-refractivity contribution in [1.82, 2.24) is 0 Å². The maximum atomic E-state index is 12.8. The smallest absolute Gasteiger partial charge is 0.141 e. The van der Waals surface area contributed by atoms with Crippen molar-refractivity contribution in [2.45, 2.75) is 18.9 Å². The lowest BCUT2D eigenvalue weighted by molar-refractivity contribution is 0.280. The predicted octanol–water partition coefficient (Wildman–Crippen LogP) is 2.25. The third kappa shape index (κ3) is 2.94. The van der Waals surface area contributed by atoms with E-state index < -0.39 is 5.82 Å². The molecule has 0 heterocycles. The molecule has 1 atom stereocenters. The summed E-state index contributed by atoms with van der Waals surface area (Å²) in [5.74, 6) is -0.440. The van der Waals surface area contributed by atoms with Gasteiger partial charge in [0, 0.05) is 12.6 Å². The van der Waals surface area contributed by atoms with Crippen molar-refractivity contribution in [3.8, 4) is 0 Å². The normalized spacial score (nSPS) is 12.9. The van der Waals surface area contributed by atoms with Crippen LogP contribution in [0.1, 0.15) is 24.4 Å². The Kier molecular flexibility index (Phi) is 4.32. The third-order valence-corrected chi connectivity index (χ3v) is 2.33.